The molecule has 1 N–H and O–H groups in total. The summed E-state index contributed by atoms with van der Waals surface area (Å²) in [6.45, 7) is 0.730. The number of carbonyl (C=O) groups is 1. The first-order valence-corrected chi connectivity index (χ1v) is 5.32. The normalized spacial score (nSPS) is 14.9. The van der Waals surface area contributed by atoms with Crippen LogP contribution in [-0.4, -0.2) is 22.6 Å². The molecule has 0 saturated carbocycles. The van der Waals surface area contributed by atoms with Gasteiger partial charge in [-0.15, -0.1) is 0 Å². The minimum absolute atomic E-state index is 0.265. The molecule has 0 aromatic heterocycles. The van der Waals surface area contributed by atoms with E-state index in [9.17, 15) is 9.18 Å². The number of rotatable bonds is 0. The van der Waals surface area contributed by atoms with Crippen LogP contribution in [0.15, 0.2) is 16.6 Å². The van der Waals surface area contributed by atoms with Crippen molar-refractivity contribution in [2.24, 2.45) is 0 Å². The van der Waals surface area contributed by atoms with Gasteiger partial charge in [-0.3, -0.25) is 0 Å². The predicted octanol–water partition coefficient (Wildman–Crippen LogP) is 2.62. The van der Waals surface area contributed by atoms with Crippen molar-refractivity contribution in [3.63, 3.8) is 0 Å². The second-order valence-corrected chi connectivity index (χ2v) is 4.33. The summed E-state index contributed by atoms with van der Waals surface area (Å²) in [6.07, 6.45) is -0.330. The van der Waals surface area contributed by atoms with Gasteiger partial charge >= 0.3 is 6.09 Å². The lowest BCUT2D eigenvalue weighted by Gasteiger charge is -2.27. The molecule has 0 unspecified atom stereocenters. The highest BCUT2D eigenvalue weighted by molar-refractivity contribution is 9.10. The van der Waals surface area contributed by atoms with Gasteiger partial charge in [0.15, 0.2) is 0 Å². The molecule has 0 radical (unpaired) electrons. The Morgan fingerprint density at radius 1 is 1.53 bits per heavy atom. The summed E-state index contributed by atoms with van der Waals surface area (Å²) >= 11 is 3.28. The Bertz CT molecular complexity index is 422. The first-order chi connectivity index (χ1) is 7.08. The van der Waals surface area contributed by atoms with Crippen molar-refractivity contribution in [2.45, 2.75) is 13.0 Å². The lowest BCUT2D eigenvalue weighted by atomic mass is 10.00. The van der Waals surface area contributed by atoms with E-state index in [1.807, 2.05) is 0 Å². The summed E-state index contributed by atoms with van der Waals surface area (Å²) in [6, 6.07) is 2.81. The highest BCUT2D eigenvalue weighted by atomic mass is 79.9. The molecule has 0 atom stereocenters. The van der Waals surface area contributed by atoms with Crippen LogP contribution in [0.3, 0.4) is 0 Å². The van der Waals surface area contributed by atoms with Crippen LogP contribution in [0, 0.1) is 5.82 Å². The molecule has 1 aromatic carbocycles. The number of hydrogen-bond acceptors (Lipinski definition) is 1. The Balaban J connectivity index is 2.37. The molecule has 1 amide bonds. The number of hydrogen-bond donors (Lipinski definition) is 1. The Kier molecular flexibility index (Phi) is 2.65. The summed E-state index contributed by atoms with van der Waals surface area (Å²) < 4.78 is 13.8. The average molecular weight is 274 g/mol. The fourth-order valence-electron chi connectivity index (χ4n) is 1.77. The Morgan fingerprint density at radius 3 is 2.93 bits per heavy atom. The van der Waals surface area contributed by atoms with Crippen LogP contribution in [0.4, 0.5) is 9.18 Å². The average Bonchev–Trinajstić information content (AvgIpc) is 2.16. The molecule has 0 spiro atoms. The second-order valence-electron chi connectivity index (χ2n) is 3.48. The third kappa shape index (κ3) is 1.97. The monoisotopic (exact) mass is 273 g/mol. The van der Waals surface area contributed by atoms with E-state index in [1.54, 1.807) is 0 Å². The van der Waals surface area contributed by atoms with Crippen LogP contribution in [0.2, 0.25) is 0 Å². The molecule has 0 fully saturated rings. The molecule has 1 aliphatic rings. The maximum atomic E-state index is 13.1. The highest BCUT2D eigenvalue weighted by Gasteiger charge is 2.22. The molecule has 3 nitrogen and oxygen atoms in total. The van der Waals surface area contributed by atoms with Crippen LogP contribution in [0.1, 0.15) is 11.1 Å². The molecule has 0 aliphatic carbocycles. The molecule has 5 heteroatoms. The number of carboxylic acid groups (broad SMARTS) is 1. The van der Waals surface area contributed by atoms with Gasteiger partial charge in [0.05, 0.1) is 0 Å². The van der Waals surface area contributed by atoms with E-state index in [1.165, 1.54) is 17.0 Å². The first-order valence-electron chi connectivity index (χ1n) is 4.52. The molecule has 15 heavy (non-hydrogen) atoms. The number of fused-ring (bicyclic) bond motifs is 1. The first kappa shape index (κ1) is 10.4. The van der Waals surface area contributed by atoms with Crippen LogP contribution in [-0.2, 0) is 13.0 Å². The third-order valence-electron chi connectivity index (χ3n) is 2.52. The van der Waals surface area contributed by atoms with Gasteiger partial charge in [0.1, 0.15) is 5.82 Å². The molecular formula is C10H9BrFNO2. The van der Waals surface area contributed by atoms with Crippen molar-refractivity contribution < 1.29 is 14.3 Å². The Hall–Kier alpha value is -1.10. The summed E-state index contributed by atoms with van der Waals surface area (Å²) in [5.41, 5.74) is 1.75. The summed E-state index contributed by atoms with van der Waals surface area (Å²) in [7, 11) is 0. The molecular weight excluding hydrogens is 265 g/mol. The minimum Gasteiger partial charge on any atom is -0.465 e. The van der Waals surface area contributed by atoms with Gasteiger partial charge < -0.3 is 10.0 Å². The van der Waals surface area contributed by atoms with Crippen molar-refractivity contribution >= 4 is 22.0 Å². The van der Waals surface area contributed by atoms with Crippen molar-refractivity contribution in [3.8, 4) is 0 Å². The molecule has 1 aromatic rings. The summed E-state index contributed by atoms with van der Waals surface area (Å²) in [4.78, 5) is 12.0. The zero-order valence-corrected chi connectivity index (χ0v) is 9.42. The number of amides is 1. The minimum atomic E-state index is -0.957. The number of benzene rings is 1. The van der Waals surface area contributed by atoms with Gasteiger partial charge in [-0.1, -0.05) is 15.9 Å². The lowest BCUT2D eigenvalue weighted by Crippen LogP contribution is -2.34. The molecule has 1 heterocycles. The van der Waals surface area contributed by atoms with Crippen molar-refractivity contribution in [2.75, 3.05) is 6.54 Å². The molecule has 1 aliphatic heterocycles. The van der Waals surface area contributed by atoms with Crippen molar-refractivity contribution in [1.29, 1.82) is 0 Å². The van der Waals surface area contributed by atoms with E-state index in [4.69, 9.17) is 5.11 Å². The fraction of sp³-hybridized carbons (Fsp3) is 0.300. The van der Waals surface area contributed by atoms with Gasteiger partial charge in [0.2, 0.25) is 0 Å². The van der Waals surface area contributed by atoms with Gasteiger partial charge in [-0.25, -0.2) is 9.18 Å². The number of halogens is 2. The highest BCUT2D eigenvalue weighted by Crippen LogP contribution is 2.27. The van der Waals surface area contributed by atoms with Gasteiger partial charge in [0, 0.05) is 17.6 Å². The summed E-state index contributed by atoms with van der Waals surface area (Å²) in [5, 5.41) is 8.82. The van der Waals surface area contributed by atoms with E-state index in [-0.39, 0.29) is 12.4 Å². The van der Waals surface area contributed by atoms with Crippen LogP contribution in [0.25, 0.3) is 0 Å². The Labute approximate surface area is 94.6 Å². The largest absolute Gasteiger partial charge is 0.465 e. The molecule has 0 bridgehead atoms. The quantitative estimate of drug-likeness (QED) is 0.790. The molecule has 0 saturated heterocycles. The van der Waals surface area contributed by atoms with Gasteiger partial charge in [-0.2, -0.15) is 0 Å². The molecule has 80 valence electrons. The van der Waals surface area contributed by atoms with Crippen molar-refractivity contribution in [3.05, 3.63) is 33.5 Å². The topological polar surface area (TPSA) is 40.5 Å². The van der Waals surface area contributed by atoms with Crippen molar-refractivity contribution in [1.82, 2.24) is 4.90 Å². The maximum Gasteiger partial charge on any atom is 0.407 e. The zero-order chi connectivity index (χ0) is 11.0. The van der Waals surface area contributed by atoms with E-state index < -0.39 is 6.09 Å². The second kappa shape index (κ2) is 3.81. The smallest absolute Gasteiger partial charge is 0.407 e. The van der Waals surface area contributed by atoms with E-state index in [0.29, 0.717) is 13.0 Å². The fourth-order valence-corrected chi connectivity index (χ4v) is 2.44. The maximum absolute atomic E-state index is 13.1. The predicted molar refractivity (Wildman–Crippen MR) is 56.2 cm³/mol. The SMILES string of the molecule is O=C(O)N1CCc2c(Br)cc(F)cc2C1. The van der Waals surface area contributed by atoms with E-state index in [0.717, 1.165) is 15.6 Å². The van der Waals surface area contributed by atoms with E-state index >= 15 is 0 Å². The lowest BCUT2D eigenvalue weighted by molar-refractivity contribution is 0.140. The Morgan fingerprint density at radius 2 is 2.27 bits per heavy atom. The van der Waals surface area contributed by atoms with Gasteiger partial charge in [-0.05, 0) is 29.7 Å². The van der Waals surface area contributed by atoms with Crippen LogP contribution >= 0.6 is 15.9 Å². The van der Waals surface area contributed by atoms with Crippen LogP contribution in [0.5, 0.6) is 0 Å². The third-order valence-corrected chi connectivity index (χ3v) is 3.22. The van der Waals surface area contributed by atoms with Gasteiger partial charge in [0.25, 0.3) is 0 Å². The number of nitrogens with zero attached hydrogens (tertiary/aromatic N) is 1. The summed E-state index contributed by atoms with van der Waals surface area (Å²) in [5.74, 6) is -0.340. The zero-order valence-electron chi connectivity index (χ0n) is 7.83. The van der Waals surface area contributed by atoms with E-state index in [2.05, 4.69) is 15.9 Å². The standard InChI is InChI=1S/C10H9BrFNO2/c11-9-4-7(12)3-6-5-13(10(14)15)2-1-8(6)9/h3-4H,1-2,5H2,(H,14,15). The van der Waals surface area contributed by atoms with Crippen LogP contribution < -0.4 is 0 Å². The molecule has 2 rings (SSSR count).